The molecule has 9 heteroatoms. The summed E-state index contributed by atoms with van der Waals surface area (Å²) in [5, 5.41) is 7.65. The van der Waals surface area contributed by atoms with Gasteiger partial charge in [-0.3, -0.25) is 4.98 Å². The largest absolute Gasteiger partial charge is 0.495 e. The molecule has 194 valence electrons. The van der Waals surface area contributed by atoms with Crippen molar-refractivity contribution >= 4 is 34.0 Å². The second kappa shape index (κ2) is 12.5. The standard InChI is InChI=1S/C27H33F3N4OS/c1-35-25-19-21(7-9-24(25)34-15-13-31-14-16-34)32-11-4-2-3-5-17-36-26-10-12-33-23-18-20(27(28,29)30)6-8-22(23)26/h6-10,12,18-19,31-32H,2-5,11,13-17H2,1H3. The smallest absolute Gasteiger partial charge is 0.416 e. The van der Waals surface area contributed by atoms with Crippen molar-refractivity contribution < 1.29 is 17.9 Å². The summed E-state index contributed by atoms with van der Waals surface area (Å²) >= 11 is 1.68. The molecule has 2 heterocycles. The van der Waals surface area contributed by atoms with Crippen LogP contribution in [-0.4, -0.2) is 50.6 Å². The summed E-state index contributed by atoms with van der Waals surface area (Å²) in [5.74, 6) is 1.83. The van der Waals surface area contributed by atoms with Gasteiger partial charge in [0.15, 0.2) is 0 Å². The predicted octanol–water partition coefficient (Wildman–Crippen LogP) is 6.44. The molecule has 5 nitrogen and oxygen atoms in total. The molecule has 0 atom stereocenters. The molecular formula is C27H33F3N4OS. The lowest BCUT2D eigenvalue weighted by Crippen LogP contribution is -2.43. The molecule has 2 N–H and O–H groups in total. The maximum absolute atomic E-state index is 13.0. The number of aromatic nitrogens is 1. The van der Waals surface area contributed by atoms with Crippen LogP contribution in [-0.2, 0) is 6.18 Å². The molecule has 0 spiro atoms. The van der Waals surface area contributed by atoms with Crippen molar-refractivity contribution in [1.29, 1.82) is 0 Å². The first-order valence-electron chi connectivity index (χ1n) is 12.4. The van der Waals surface area contributed by atoms with E-state index in [0.29, 0.717) is 5.52 Å². The predicted molar refractivity (Wildman–Crippen MR) is 143 cm³/mol. The number of alkyl halides is 3. The fourth-order valence-corrected chi connectivity index (χ4v) is 5.43. The van der Waals surface area contributed by atoms with Gasteiger partial charge in [-0.15, -0.1) is 11.8 Å². The Hall–Kier alpha value is -2.65. The van der Waals surface area contributed by atoms with Gasteiger partial charge >= 0.3 is 6.18 Å². The number of thioether (sulfide) groups is 1. The Balaban J connectivity index is 1.17. The molecule has 0 amide bonds. The fraction of sp³-hybridized carbons (Fsp3) is 0.444. The van der Waals surface area contributed by atoms with Crippen LogP contribution in [0.4, 0.5) is 24.5 Å². The van der Waals surface area contributed by atoms with Gasteiger partial charge in [-0.05, 0) is 48.9 Å². The van der Waals surface area contributed by atoms with Gasteiger partial charge in [0.1, 0.15) is 5.75 Å². The van der Waals surface area contributed by atoms with E-state index < -0.39 is 11.7 Å². The van der Waals surface area contributed by atoms with Crippen LogP contribution in [0.3, 0.4) is 0 Å². The lowest BCUT2D eigenvalue weighted by molar-refractivity contribution is -0.137. The second-order valence-electron chi connectivity index (χ2n) is 8.85. The third-order valence-corrected chi connectivity index (χ3v) is 7.49. The van der Waals surface area contributed by atoms with Crippen molar-refractivity contribution in [3.8, 4) is 5.75 Å². The van der Waals surface area contributed by atoms with Crippen LogP contribution in [0, 0.1) is 0 Å². The number of fused-ring (bicyclic) bond motifs is 1. The molecule has 1 aliphatic rings. The van der Waals surface area contributed by atoms with E-state index in [2.05, 4.69) is 38.7 Å². The number of hydrogen-bond acceptors (Lipinski definition) is 6. The molecule has 0 unspecified atom stereocenters. The van der Waals surface area contributed by atoms with Gasteiger partial charge in [0.25, 0.3) is 0 Å². The maximum atomic E-state index is 13.0. The number of anilines is 2. The molecule has 0 radical (unpaired) electrons. The summed E-state index contributed by atoms with van der Waals surface area (Å²) in [6.07, 6.45) is 1.60. The van der Waals surface area contributed by atoms with E-state index in [1.165, 1.54) is 6.07 Å². The van der Waals surface area contributed by atoms with E-state index in [4.69, 9.17) is 4.74 Å². The van der Waals surface area contributed by atoms with E-state index >= 15 is 0 Å². The van der Waals surface area contributed by atoms with Gasteiger partial charge in [-0.2, -0.15) is 13.2 Å². The molecule has 3 aromatic rings. The quantitative estimate of drug-likeness (QED) is 0.225. The zero-order valence-corrected chi connectivity index (χ0v) is 21.4. The number of rotatable bonds is 11. The summed E-state index contributed by atoms with van der Waals surface area (Å²) in [4.78, 5) is 7.46. The average Bonchev–Trinajstić information content (AvgIpc) is 2.89. The Morgan fingerprint density at radius 2 is 1.83 bits per heavy atom. The van der Waals surface area contributed by atoms with Gasteiger partial charge in [0.2, 0.25) is 0 Å². The van der Waals surface area contributed by atoms with Crippen LogP contribution in [0.2, 0.25) is 0 Å². The normalized spacial score (nSPS) is 14.3. The molecule has 0 saturated carbocycles. The number of halogens is 3. The molecule has 1 aromatic heterocycles. The van der Waals surface area contributed by atoms with E-state index in [0.717, 1.165) is 104 Å². The third-order valence-electron chi connectivity index (χ3n) is 6.33. The van der Waals surface area contributed by atoms with Crippen LogP contribution in [0.25, 0.3) is 10.9 Å². The Morgan fingerprint density at radius 1 is 1.03 bits per heavy atom. The van der Waals surface area contributed by atoms with Gasteiger partial charge in [0.05, 0.1) is 23.9 Å². The van der Waals surface area contributed by atoms with E-state index in [1.54, 1.807) is 25.1 Å². The highest BCUT2D eigenvalue weighted by Gasteiger charge is 2.30. The number of unbranched alkanes of at least 4 members (excludes halogenated alkanes) is 3. The van der Waals surface area contributed by atoms with Crippen molar-refractivity contribution in [3.63, 3.8) is 0 Å². The number of methoxy groups -OCH3 is 1. The number of piperazine rings is 1. The highest BCUT2D eigenvalue weighted by Crippen LogP contribution is 2.34. The summed E-state index contributed by atoms with van der Waals surface area (Å²) in [5.41, 5.74) is 1.94. The first-order valence-corrected chi connectivity index (χ1v) is 13.4. The minimum Gasteiger partial charge on any atom is -0.495 e. The number of nitrogens with one attached hydrogen (secondary N) is 2. The zero-order valence-electron chi connectivity index (χ0n) is 20.5. The average molecular weight is 519 g/mol. The molecule has 4 rings (SSSR count). The Labute approximate surface area is 214 Å². The van der Waals surface area contributed by atoms with Crippen molar-refractivity contribution in [2.24, 2.45) is 0 Å². The van der Waals surface area contributed by atoms with E-state index in [9.17, 15) is 13.2 Å². The minimum atomic E-state index is -4.35. The van der Waals surface area contributed by atoms with Crippen molar-refractivity contribution in [2.45, 2.75) is 36.8 Å². The summed E-state index contributed by atoms with van der Waals surface area (Å²) in [7, 11) is 1.72. The van der Waals surface area contributed by atoms with Crippen molar-refractivity contribution in [1.82, 2.24) is 10.3 Å². The molecular weight excluding hydrogens is 485 g/mol. The fourth-order valence-electron chi connectivity index (χ4n) is 4.37. The Morgan fingerprint density at radius 3 is 2.61 bits per heavy atom. The molecule has 0 bridgehead atoms. The molecule has 0 aliphatic carbocycles. The molecule has 1 fully saturated rings. The molecule has 36 heavy (non-hydrogen) atoms. The Bertz CT molecular complexity index is 1140. The van der Waals surface area contributed by atoms with Crippen LogP contribution < -0.4 is 20.3 Å². The van der Waals surface area contributed by atoms with Crippen LogP contribution >= 0.6 is 11.8 Å². The minimum absolute atomic E-state index is 0.387. The highest BCUT2D eigenvalue weighted by atomic mass is 32.2. The Kier molecular flexibility index (Phi) is 9.20. The summed E-state index contributed by atoms with van der Waals surface area (Å²) in [6.45, 7) is 4.85. The molecule has 1 aliphatic heterocycles. The monoisotopic (exact) mass is 518 g/mol. The number of pyridine rings is 1. The third kappa shape index (κ3) is 6.97. The highest BCUT2D eigenvalue weighted by molar-refractivity contribution is 7.99. The van der Waals surface area contributed by atoms with Gasteiger partial charge in [0, 0.05) is 61.0 Å². The van der Waals surface area contributed by atoms with Crippen LogP contribution in [0.5, 0.6) is 5.75 Å². The maximum Gasteiger partial charge on any atom is 0.416 e. The van der Waals surface area contributed by atoms with Crippen LogP contribution in [0.15, 0.2) is 53.6 Å². The topological polar surface area (TPSA) is 49.4 Å². The zero-order chi connectivity index (χ0) is 25.4. The number of benzene rings is 2. The number of hydrogen-bond donors (Lipinski definition) is 2. The molecule has 1 saturated heterocycles. The van der Waals surface area contributed by atoms with Crippen LogP contribution in [0.1, 0.15) is 31.2 Å². The first kappa shape index (κ1) is 26.4. The lowest BCUT2D eigenvalue weighted by Gasteiger charge is -2.30. The van der Waals surface area contributed by atoms with Crippen molar-refractivity contribution in [2.75, 3.05) is 55.8 Å². The number of ether oxygens (including phenoxy) is 1. The molecule has 2 aromatic carbocycles. The summed E-state index contributed by atoms with van der Waals surface area (Å²) < 4.78 is 44.5. The van der Waals surface area contributed by atoms with Gasteiger partial charge < -0.3 is 20.3 Å². The van der Waals surface area contributed by atoms with E-state index in [-0.39, 0.29) is 0 Å². The van der Waals surface area contributed by atoms with Crippen molar-refractivity contribution in [3.05, 3.63) is 54.2 Å². The lowest BCUT2D eigenvalue weighted by atomic mass is 10.1. The first-order chi connectivity index (χ1) is 17.5. The SMILES string of the molecule is COc1cc(NCCCCCCSc2ccnc3cc(C(F)(F)F)ccc23)ccc1N1CCNCC1. The van der Waals surface area contributed by atoms with Gasteiger partial charge in [-0.1, -0.05) is 18.9 Å². The van der Waals surface area contributed by atoms with Gasteiger partial charge in [-0.25, -0.2) is 0 Å². The number of nitrogens with zero attached hydrogens (tertiary/aromatic N) is 2. The second-order valence-corrected chi connectivity index (χ2v) is 9.99. The summed E-state index contributed by atoms with van der Waals surface area (Å²) in [6, 6.07) is 12.0. The van der Waals surface area contributed by atoms with E-state index in [1.807, 2.05) is 6.07 Å².